The summed E-state index contributed by atoms with van der Waals surface area (Å²) in [5, 5.41) is 4.46. The van der Waals surface area contributed by atoms with Crippen molar-refractivity contribution in [1.29, 1.82) is 0 Å². The highest BCUT2D eigenvalue weighted by atomic mass is 31.1. The zero-order valence-corrected chi connectivity index (χ0v) is 36.4. The molecule has 0 heterocycles. The second-order valence-electron chi connectivity index (χ2n) is 15.0. The molecule has 0 aliphatic carbocycles. The minimum absolute atomic E-state index is 0.381. The van der Waals surface area contributed by atoms with Crippen LogP contribution in [0.25, 0.3) is 0 Å². The number of nitrogens with zero attached hydrogens (tertiary/aromatic N) is 2. The van der Waals surface area contributed by atoms with Gasteiger partial charge in [0.25, 0.3) is 0 Å². The molecule has 62 heavy (non-hydrogen) atoms. The molecule has 0 spiro atoms. The van der Waals surface area contributed by atoms with Gasteiger partial charge in [-0.3, -0.25) is 9.98 Å². The smallest absolute Gasteiger partial charge is 0.114 e. The third-order valence-electron chi connectivity index (χ3n) is 10.5. The molecular formula is C56H50N2O2P2. The van der Waals surface area contributed by atoms with Crippen LogP contribution in [0.4, 0.5) is 0 Å². The minimum Gasteiger partial charge on any atom is -0.341 e. The number of hydrogen-bond donors (Lipinski definition) is 0. The normalized spacial score (nSPS) is 13.6. The first-order chi connectivity index (χ1) is 30.8. The van der Waals surface area contributed by atoms with Crippen molar-refractivity contribution in [3.8, 4) is 0 Å². The van der Waals surface area contributed by atoms with E-state index in [1.807, 2.05) is 24.6 Å². The third kappa shape index (κ3) is 12.0. The fourth-order valence-corrected chi connectivity index (χ4v) is 11.3. The zero-order valence-electron chi connectivity index (χ0n) is 34.6. The Hall–Kier alpha value is -6.12. The van der Waals surface area contributed by atoms with Gasteiger partial charge >= 0.3 is 0 Å². The Morgan fingerprint density at radius 2 is 0.565 bits per heavy atom. The fraction of sp³-hybridized carbons (Fsp3) is 0.107. The number of rotatable bonds is 19. The SMILES string of the molecule is C(=N[C@H](Cc1ccccc1)[C@H](OP(c1ccccc1)c1ccccc1)[C@@H](OP(c1ccccc1)c1ccccc1)[C@@H](Cc1ccccc1)N=Cc1ccccc1)c1ccccc1. The van der Waals surface area contributed by atoms with Crippen LogP contribution in [0.5, 0.6) is 0 Å². The van der Waals surface area contributed by atoms with Gasteiger partial charge in [-0.1, -0.05) is 243 Å². The molecule has 0 N–H and O–H groups in total. The molecule has 0 radical (unpaired) electrons. The Morgan fingerprint density at radius 1 is 0.323 bits per heavy atom. The van der Waals surface area contributed by atoms with Crippen LogP contribution in [0.1, 0.15) is 22.3 Å². The summed E-state index contributed by atoms with van der Waals surface area (Å²) in [4.78, 5) is 11.1. The van der Waals surface area contributed by atoms with E-state index in [4.69, 9.17) is 19.0 Å². The van der Waals surface area contributed by atoms with Crippen LogP contribution >= 0.6 is 16.3 Å². The largest absolute Gasteiger partial charge is 0.341 e. The van der Waals surface area contributed by atoms with Gasteiger partial charge in [-0.15, -0.1) is 0 Å². The highest BCUT2D eigenvalue weighted by Crippen LogP contribution is 2.45. The maximum atomic E-state index is 7.91. The van der Waals surface area contributed by atoms with Gasteiger partial charge in [0, 0.05) is 33.6 Å². The van der Waals surface area contributed by atoms with Crippen LogP contribution in [-0.2, 0) is 21.9 Å². The summed E-state index contributed by atoms with van der Waals surface area (Å²) in [6.07, 6.45) is 4.09. The van der Waals surface area contributed by atoms with Crippen molar-refractivity contribution >= 4 is 49.9 Å². The lowest BCUT2D eigenvalue weighted by Gasteiger charge is -2.39. The van der Waals surface area contributed by atoms with E-state index in [1.54, 1.807) is 0 Å². The number of aliphatic imine (C=N–C) groups is 2. The second kappa shape index (κ2) is 22.6. The Bertz CT molecular complexity index is 2270. The summed E-state index contributed by atoms with van der Waals surface area (Å²) in [6.45, 7) is 0. The van der Waals surface area contributed by atoms with Crippen molar-refractivity contribution in [3.05, 3.63) is 265 Å². The molecule has 0 aromatic heterocycles. The summed E-state index contributed by atoms with van der Waals surface area (Å²) >= 11 is 0. The predicted octanol–water partition coefficient (Wildman–Crippen LogP) is 11.3. The molecule has 0 aliphatic rings. The molecule has 8 rings (SSSR count). The Morgan fingerprint density at radius 3 is 0.839 bits per heavy atom. The van der Waals surface area contributed by atoms with E-state index in [0.29, 0.717) is 12.8 Å². The van der Waals surface area contributed by atoms with Gasteiger partial charge in [0.1, 0.15) is 12.2 Å². The van der Waals surface area contributed by atoms with E-state index < -0.39 is 28.5 Å². The van der Waals surface area contributed by atoms with Crippen LogP contribution < -0.4 is 21.2 Å². The lowest BCUT2D eigenvalue weighted by Crippen LogP contribution is -2.48. The topological polar surface area (TPSA) is 43.2 Å². The highest BCUT2D eigenvalue weighted by Gasteiger charge is 2.41. The van der Waals surface area contributed by atoms with Crippen molar-refractivity contribution in [2.24, 2.45) is 9.98 Å². The first-order valence-corrected chi connectivity index (χ1v) is 23.7. The van der Waals surface area contributed by atoms with Crippen molar-refractivity contribution < 1.29 is 9.05 Å². The Kier molecular flexibility index (Phi) is 15.5. The minimum atomic E-state index is -1.36. The third-order valence-corrected chi connectivity index (χ3v) is 14.5. The lowest BCUT2D eigenvalue weighted by molar-refractivity contribution is 0.0416. The fourth-order valence-electron chi connectivity index (χ4n) is 7.40. The molecule has 0 saturated carbocycles. The van der Waals surface area contributed by atoms with Crippen molar-refractivity contribution in [1.82, 2.24) is 0 Å². The van der Waals surface area contributed by atoms with E-state index in [2.05, 4.69) is 231 Å². The van der Waals surface area contributed by atoms with Crippen LogP contribution in [-0.4, -0.2) is 36.7 Å². The van der Waals surface area contributed by atoms with E-state index in [1.165, 1.54) is 11.1 Å². The second-order valence-corrected chi connectivity index (χ2v) is 18.6. The van der Waals surface area contributed by atoms with Gasteiger partial charge in [-0.05, 0) is 35.1 Å². The van der Waals surface area contributed by atoms with Crippen LogP contribution in [0.15, 0.2) is 253 Å². The van der Waals surface area contributed by atoms with Crippen LogP contribution in [0.3, 0.4) is 0 Å². The molecular weight excluding hydrogens is 795 g/mol. The van der Waals surface area contributed by atoms with Crippen molar-refractivity contribution in [3.63, 3.8) is 0 Å². The molecule has 8 aromatic carbocycles. The molecule has 0 amide bonds. The van der Waals surface area contributed by atoms with Crippen molar-refractivity contribution in [2.75, 3.05) is 0 Å². The van der Waals surface area contributed by atoms with Gasteiger partial charge in [0.15, 0.2) is 0 Å². The summed E-state index contributed by atoms with van der Waals surface area (Å²) < 4.78 is 15.8. The molecule has 0 unspecified atom stereocenters. The molecule has 0 saturated heterocycles. The van der Waals surface area contributed by atoms with Crippen molar-refractivity contribution in [2.45, 2.75) is 37.1 Å². The summed E-state index contributed by atoms with van der Waals surface area (Å²) in [5.74, 6) is 0. The molecule has 0 fully saturated rings. The van der Waals surface area contributed by atoms with Gasteiger partial charge in [0.05, 0.1) is 28.4 Å². The first-order valence-electron chi connectivity index (χ1n) is 21.2. The molecule has 4 nitrogen and oxygen atoms in total. The Labute approximate surface area is 369 Å². The highest BCUT2D eigenvalue weighted by molar-refractivity contribution is 7.69. The van der Waals surface area contributed by atoms with Gasteiger partial charge in [-0.25, -0.2) is 0 Å². The predicted molar refractivity (Wildman–Crippen MR) is 264 cm³/mol. The molecule has 0 bridgehead atoms. The summed E-state index contributed by atoms with van der Waals surface area (Å²) in [7, 11) is -2.73. The maximum absolute atomic E-state index is 7.91. The van der Waals surface area contributed by atoms with Gasteiger partial charge in [0.2, 0.25) is 0 Å². The number of benzene rings is 8. The van der Waals surface area contributed by atoms with Gasteiger partial charge in [-0.2, -0.15) is 0 Å². The van der Waals surface area contributed by atoms with E-state index in [0.717, 1.165) is 32.3 Å². The number of hydrogen-bond acceptors (Lipinski definition) is 4. The lowest BCUT2D eigenvalue weighted by atomic mass is 9.91. The molecule has 4 atom stereocenters. The molecule has 6 heteroatoms. The maximum Gasteiger partial charge on any atom is 0.114 e. The average molecular weight is 845 g/mol. The summed E-state index contributed by atoms with van der Waals surface area (Å²) in [6, 6.07) is 83.7. The monoisotopic (exact) mass is 844 g/mol. The van der Waals surface area contributed by atoms with E-state index >= 15 is 0 Å². The van der Waals surface area contributed by atoms with Crippen LogP contribution in [0.2, 0.25) is 0 Å². The first kappa shape index (κ1) is 42.6. The summed E-state index contributed by atoms with van der Waals surface area (Å²) in [5.41, 5.74) is 4.38. The van der Waals surface area contributed by atoms with Crippen LogP contribution in [0, 0.1) is 0 Å². The molecule has 306 valence electrons. The molecule has 8 aromatic rings. The quantitative estimate of drug-likeness (QED) is 0.0601. The van der Waals surface area contributed by atoms with E-state index in [9.17, 15) is 0 Å². The Balaban J connectivity index is 1.37. The average Bonchev–Trinajstić information content (AvgIpc) is 3.35. The van der Waals surface area contributed by atoms with E-state index in [-0.39, 0.29) is 12.1 Å². The standard InChI is InChI=1S/C56H50N2O2P2/c1-9-25-45(26-10-1)41-53(57-43-47-29-13-3-14-30-47)55(59-61(49-33-17-5-18-34-49)50-35-19-6-20-36-50)56(60-62(51-37-21-7-22-38-51)52-39-23-8-24-40-52)54(42-46-27-11-2-12-28-46)58-44-48-31-15-4-16-32-48/h1-40,43-44,53-56H,41-42H2/t53-,54-,55+,56+/m1/s1. The van der Waals surface area contributed by atoms with Gasteiger partial charge < -0.3 is 9.05 Å². The molecule has 0 aliphatic heterocycles. The zero-order chi connectivity index (χ0) is 42.0.